The molecule has 0 aliphatic rings. The molecule has 0 unspecified atom stereocenters. The summed E-state index contributed by atoms with van der Waals surface area (Å²) >= 11 is 0. The van der Waals surface area contributed by atoms with E-state index in [0.717, 1.165) is 16.7 Å². The number of hydrogen-bond acceptors (Lipinski definition) is 2. The van der Waals surface area contributed by atoms with Crippen LogP contribution in [-0.4, -0.2) is 16.6 Å². The first kappa shape index (κ1) is 14.4. The number of carbonyl (C=O) groups excluding carboxylic acids is 1. The van der Waals surface area contributed by atoms with Crippen molar-refractivity contribution < 1.29 is 9.53 Å². The Hall–Kier alpha value is -2.03. The van der Waals surface area contributed by atoms with Crippen LogP contribution < -0.4 is 0 Å². The highest BCUT2D eigenvalue weighted by atomic mass is 16.6. The molecule has 1 aromatic carbocycles. The molecule has 0 bridgehead atoms. The molecule has 1 heterocycles. The Morgan fingerprint density at radius 3 is 2.25 bits per heavy atom. The van der Waals surface area contributed by atoms with E-state index in [1.807, 2.05) is 65.1 Å². The summed E-state index contributed by atoms with van der Waals surface area (Å²) in [4.78, 5) is 15.3. The van der Waals surface area contributed by atoms with Crippen molar-refractivity contribution in [3.05, 3.63) is 47.3 Å². The van der Waals surface area contributed by atoms with Gasteiger partial charge in [0.25, 0.3) is 0 Å². The zero-order valence-electron chi connectivity index (χ0n) is 12.7. The molecular formula is C17H21NO2. The summed E-state index contributed by atoms with van der Waals surface area (Å²) in [5.74, 6) is -0.318. The molecule has 0 aliphatic heterocycles. The van der Waals surface area contributed by atoms with Crippen molar-refractivity contribution >= 4 is 5.97 Å². The lowest BCUT2D eigenvalue weighted by Crippen LogP contribution is -2.24. The van der Waals surface area contributed by atoms with Gasteiger partial charge in [-0.05, 0) is 45.7 Å². The molecule has 0 fully saturated rings. The van der Waals surface area contributed by atoms with E-state index < -0.39 is 5.60 Å². The monoisotopic (exact) mass is 271 g/mol. The Kier molecular flexibility index (Phi) is 3.71. The molecule has 1 aromatic heterocycles. The molecule has 1 N–H and O–H groups in total. The van der Waals surface area contributed by atoms with E-state index in [2.05, 4.69) is 4.98 Å². The molecule has 2 aromatic rings. The second-order valence-electron chi connectivity index (χ2n) is 6.09. The minimum Gasteiger partial charge on any atom is -0.455 e. The highest BCUT2D eigenvalue weighted by Crippen LogP contribution is 2.28. The highest BCUT2D eigenvalue weighted by Gasteiger charge is 2.23. The summed E-state index contributed by atoms with van der Waals surface area (Å²) in [5, 5.41) is 0. The number of aromatic nitrogens is 1. The number of esters is 1. The van der Waals surface area contributed by atoms with E-state index in [0.29, 0.717) is 5.69 Å². The van der Waals surface area contributed by atoms with Gasteiger partial charge in [-0.15, -0.1) is 0 Å². The van der Waals surface area contributed by atoms with Crippen LogP contribution in [0.5, 0.6) is 0 Å². The van der Waals surface area contributed by atoms with Crippen LogP contribution in [0.4, 0.5) is 0 Å². The number of rotatable bonds is 2. The smallest absolute Gasteiger partial charge is 0.355 e. The van der Waals surface area contributed by atoms with Crippen LogP contribution in [0.15, 0.2) is 30.5 Å². The first-order valence-electron chi connectivity index (χ1n) is 6.76. The second-order valence-corrected chi connectivity index (χ2v) is 6.09. The van der Waals surface area contributed by atoms with Crippen molar-refractivity contribution in [2.75, 3.05) is 0 Å². The molecule has 0 aliphatic carbocycles. The Balaban J connectivity index is 2.42. The fourth-order valence-corrected chi connectivity index (χ4v) is 2.10. The summed E-state index contributed by atoms with van der Waals surface area (Å²) in [6.07, 6.45) is 1.84. The van der Waals surface area contributed by atoms with Crippen LogP contribution in [-0.2, 0) is 4.74 Å². The number of ether oxygens (including phenoxy) is 1. The van der Waals surface area contributed by atoms with Crippen LogP contribution in [0, 0.1) is 13.8 Å². The zero-order chi connectivity index (χ0) is 14.9. The van der Waals surface area contributed by atoms with Crippen LogP contribution >= 0.6 is 0 Å². The fourth-order valence-electron chi connectivity index (χ4n) is 2.10. The zero-order valence-corrected chi connectivity index (χ0v) is 12.7. The maximum Gasteiger partial charge on any atom is 0.355 e. The molecule has 0 radical (unpaired) electrons. The summed E-state index contributed by atoms with van der Waals surface area (Å²) in [6, 6.07) is 8.14. The van der Waals surface area contributed by atoms with E-state index in [1.165, 1.54) is 5.56 Å². The van der Waals surface area contributed by atoms with Crippen molar-refractivity contribution in [2.45, 2.75) is 40.2 Å². The van der Waals surface area contributed by atoms with Crippen molar-refractivity contribution in [3.63, 3.8) is 0 Å². The van der Waals surface area contributed by atoms with E-state index in [-0.39, 0.29) is 5.97 Å². The van der Waals surface area contributed by atoms with Crippen LogP contribution in [0.3, 0.4) is 0 Å². The topological polar surface area (TPSA) is 42.1 Å². The fraction of sp³-hybridized carbons (Fsp3) is 0.353. The van der Waals surface area contributed by atoms with Crippen molar-refractivity contribution in [1.29, 1.82) is 0 Å². The molecule has 3 nitrogen and oxygen atoms in total. The first-order valence-corrected chi connectivity index (χ1v) is 6.76. The molecule has 2 rings (SSSR count). The molecule has 0 saturated heterocycles. The number of carbonyl (C=O) groups is 1. The molecule has 20 heavy (non-hydrogen) atoms. The quantitative estimate of drug-likeness (QED) is 0.829. The summed E-state index contributed by atoms with van der Waals surface area (Å²) in [6.45, 7) is 9.63. The minimum atomic E-state index is -0.499. The molecule has 0 atom stereocenters. The SMILES string of the molecule is Cc1ccc(-c2c(C)c[nH]c2C(=O)OC(C)(C)C)cc1. The minimum absolute atomic E-state index is 0.318. The van der Waals surface area contributed by atoms with Gasteiger partial charge in [-0.25, -0.2) is 4.79 Å². The van der Waals surface area contributed by atoms with Crippen molar-refractivity contribution in [1.82, 2.24) is 4.98 Å². The average molecular weight is 271 g/mol. The van der Waals surface area contributed by atoms with Gasteiger partial charge in [-0.1, -0.05) is 29.8 Å². The molecule has 106 valence electrons. The van der Waals surface area contributed by atoms with E-state index in [1.54, 1.807) is 0 Å². The lowest BCUT2D eigenvalue weighted by molar-refractivity contribution is 0.00645. The molecule has 0 saturated carbocycles. The molecule has 3 heteroatoms. The third-order valence-electron chi connectivity index (χ3n) is 3.02. The second kappa shape index (κ2) is 5.16. The third-order valence-corrected chi connectivity index (χ3v) is 3.02. The number of nitrogens with one attached hydrogen (secondary N) is 1. The van der Waals surface area contributed by atoms with Gasteiger partial charge in [-0.2, -0.15) is 0 Å². The summed E-state index contributed by atoms with van der Waals surface area (Å²) in [7, 11) is 0. The summed E-state index contributed by atoms with van der Waals surface area (Å²) < 4.78 is 5.45. The third kappa shape index (κ3) is 3.10. The molecule has 0 amide bonds. The van der Waals surface area contributed by atoms with E-state index >= 15 is 0 Å². The van der Waals surface area contributed by atoms with Gasteiger partial charge in [0, 0.05) is 11.8 Å². The normalized spacial score (nSPS) is 11.4. The average Bonchev–Trinajstić information content (AvgIpc) is 2.70. The maximum atomic E-state index is 12.3. The number of aromatic amines is 1. The number of H-pyrrole nitrogens is 1. The van der Waals surface area contributed by atoms with Gasteiger partial charge in [0.15, 0.2) is 0 Å². The van der Waals surface area contributed by atoms with Crippen LogP contribution in [0.1, 0.15) is 42.4 Å². The predicted octanol–water partition coefficient (Wildman–Crippen LogP) is 4.25. The van der Waals surface area contributed by atoms with Gasteiger partial charge in [-0.3, -0.25) is 0 Å². The Labute approximate surface area is 120 Å². The Bertz CT molecular complexity index is 615. The maximum absolute atomic E-state index is 12.3. The van der Waals surface area contributed by atoms with Gasteiger partial charge >= 0.3 is 5.97 Å². The van der Waals surface area contributed by atoms with Crippen LogP contribution in [0.2, 0.25) is 0 Å². The molecule has 0 spiro atoms. The number of hydrogen-bond donors (Lipinski definition) is 1. The Morgan fingerprint density at radius 2 is 1.70 bits per heavy atom. The Morgan fingerprint density at radius 1 is 1.10 bits per heavy atom. The number of benzene rings is 1. The van der Waals surface area contributed by atoms with E-state index in [9.17, 15) is 4.79 Å². The van der Waals surface area contributed by atoms with Crippen molar-refractivity contribution in [2.24, 2.45) is 0 Å². The van der Waals surface area contributed by atoms with Gasteiger partial charge in [0.1, 0.15) is 11.3 Å². The number of aryl methyl sites for hydroxylation is 2. The lowest BCUT2D eigenvalue weighted by atomic mass is 10.0. The largest absolute Gasteiger partial charge is 0.455 e. The highest BCUT2D eigenvalue weighted by molar-refractivity contribution is 5.96. The first-order chi connectivity index (χ1) is 9.28. The van der Waals surface area contributed by atoms with Crippen LogP contribution in [0.25, 0.3) is 11.1 Å². The summed E-state index contributed by atoms with van der Waals surface area (Å²) in [5.41, 5.74) is 4.19. The molecular weight excluding hydrogens is 250 g/mol. The van der Waals surface area contributed by atoms with E-state index in [4.69, 9.17) is 4.74 Å². The van der Waals surface area contributed by atoms with Gasteiger partial charge in [0.2, 0.25) is 0 Å². The predicted molar refractivity (Wildman–Crippen MR) is 80.9 cm³/mol. The lowest BCUT2D eigenvalue weighted by Gasteiger charge is -2.19. The van der Waals surface area contributed by atoms with Gasteiger partial charge < -0.3 is 9.72 Å². The van der Waals surface area contributed by atoms with Crippen molar-refractivity contribution in [3.8, 4) is 11.1 Å². The van der Waals surface area contributed by atoms with Gasteiger partial charge in [0.05, 0.1) is 0 Å². The standard InChI is InChI=1S/C17H21NO2/c1-11-6-8-13(9-7-11)14-12(2)10-18-15(14)16(19)20-17(3,4)5/h6-10,18H,1-5H3.